The summed E-state index contributed by atoms with van der Waals surface area (Å²) in [5, 5.41) is 7.63. The van der Waals surface area contributed by atoms with Gasteiger partial charge in [0.05, 0.1) is 11.6 Å². The number of hydrogen-bond donors (Lipinski definition) is 1. The molecule has 0 saturated heterocycles. The predicted octanol–water partition coefficient (Wildman–Crippen LogP) is 0.302. The Morgan fingerprint density at radius 3 is 2.47 bits per heavy atom. The molecule has 0 aliphatic heterocycles. The van der Waals surface area contributed by atoms with E-state index in [9.17, 15) is 16.8 Å². The summed E-state index contributed by atoms with van der Waals surface area (Å²) in [5.74, 6) is 0. The highest BCUT2D eigenvalue weighted by molar-refractivity contribution is 8.08. The molecule has 1 N–H and O–H groups in total. The Kier molecular flexibility index (Phi) is 3.75. The van der Waals surface area contributed by atoms with E-state index in [1.54, 1.807) is 0 Å². The first-order valence-corrected chi connectivity index (χ1v) is 8.11. The van der Waals surface area contributed by atoms with E-state index in [0.29, 0.717) is 0 Å². The third kappa shape index (κ3) is 4.84. The molecule has 0 amide bonds. The van der Waals surface area contributed by atoms with Crippen LogP contribution < -0.4 is 4.72 Å². The zero-order valence-corrected chi connectivity index (χ0v) is 10.5. The van der Waals surface area contributed by atoms with Gasteiger partial charge in [-0.15, -0.1) is 0 Å². The molecule has 0 unspecified atom stereocenters. The lowest BCUT2D eigenvalue weighted by Gasteiger charge is -2.06. The van der Waals surface area contributed by atoms with Gasteiger partial charge in [0, 0.05) is 11.9 Å². The molecule has 92 valence electrons. The Labute approximate surface area is 99.9 Å². The zero-order valence-electron chi connectivity index (χ0n) is 8.91. The zero-order chi connectivity index (χ0) is 13.1. The van der Waals surface area contributed by atoms with Crippen molar-refractivity contribution in [1.82, 2.24) is 0 Å². The Hall–Kier alpha value is -1.59. The van der Waals surface area contributed by atoms with Crippen LogP contribution in [0.3, 0.4) is 0 Å². The smallest absolute Gasteiger partial charge is 0.247 e. The van der Waals surface area contributed by atoms with Crippen molar-refractivity contribution in [2.45, 2.75) is 0 Å². The summed E-state index contributed by atoms with van der Waals surface area (Å²) in [6, 6.07) is 7.60. The van der Waals surface area contributed by atoms with Gasteiger partial charge in [0.15, 0.2) is 14.9 Å². The lowest BCUT2D eigenvalue weighted by Crippen LogP contribution is -2.22. The molecule has 17 heavy (non-hydrogen) atoms. The lowest BCUT2D eigenvalue weighted by atomic mass is 10.2. The average molecular weight is 274 g/mol. The normalized spacial score (nSPS) is 11.8. The van der Waals surface area contributed by atoms with E-state index in [1.807, 2.05) is 6.07 Å². The van der Waals surface area contributed by atoms with E-state index in [-0.39, 0.29) is 11.3 Å². The number of sulfonamides is 1. The van der Waals surface area contributed by atoms with Gasteiger partial charge in [0.25, 0.3) is 0 Å². The van der Waals surface area contributed by atoms with Gasteiger partial charge in [-0.2, -0.15) is 5.26 Å². The van der Waals surface area contributed by atoms with Crippen molar-refractivity contribution in [3.8, 4) is 6.07 Å². The molecule has 1 aromatic carbocycles. The van der Waals surface area contributed by atoms with Crippen molar-refractivity contribution < 1.29 is 16.8 Å². The number of nitrogens with zero attached hydrogens (tertiary/aromatic N) is 1. The molecule has 6 nitrogen and oxygen atoms in total. The first kappa shape index (κ1) is 13.5. The maximum atomic E-state index is 11.4. The van der Waals surface area contributed by atoms with Crippen LogP contribution in [-0.4, -0.2) is 28.2 Å². The van der Waals surface area contributed by atoms with E-state index in [0.717, 1.165) is 6.26 Å². The second-order valence-electron chi connectivity index (χ2n) is 3.45. The van der Waals surface area contributed by atoms with E-state index in [1.165, 1.54) is 24.3 Å². The second kappa shape index (κ2) is 4.73. The molecule has 0 saturated carbocycles. The topological polar surface area (TPSA) is 104 Å². The van der Waals surface area contributed by atoms with Crippen LogP contribution in [0.1, 0.15) is 5.56 Å². The second-order valence-corrected chi connectivity index (χ2v) is 7.68. The van der Waals surface area contributed by atoms with Crippen LogP contribution in [0.4, 0.5) is 5.69 Å². The first-order valence-electron chi connectivity index (χ1n) is 4.40. The highest BCUT2D eigenvalue weighted by atomic mass is 32.3. The standard InChI is InChI=1S/C9H10N2O4S2/c1-16(12,13)7-17(14,15)11-9-4-2-3-8(5-9)6-10/h2-5,11H,7H2,1H3. The number of benzene rings is 1. The minimum Gasteiger partial charge on any atom is -0.283 e. The van der Waals surface area contributed by atoms with Gasteiger partial charge in [-0.25, -0.2) is 16.8 Å². The fraction of sp³-hybridized carbons (Fsp3) is 0.222. The molecule has 8 heteroatoms. The number of anilines is 1. The number of nitrogens with one attached hydrogen (secondary N) is 1. The van der Waals surface area contributed by atoms with E-state index in [2.05, 4.69) is 4.72 Å². The van der Waals surface area contributed by atoms with E-state index >= 15 is 0 Å². The van der Waals surface area contributed by atoms with Gasteiger partial charge < -0.3 is 0 Å². The van der Waals surface area contributed by atoms with Crippen LogP contribution in [-0.2, 0) is 19.9 Å². The largest absolute Gasteiger partial charge is 0.283 e. The number of sulfone groups is 1. The van der Waals surface area contributed by atoms with Crippen molar-refractivity contribution >= 4 is 25.5 Å². The molecular formula is C9H10N2O4S2. The SMILES string of the molecule is CS(=O)(=O)CS(=O)(=O)Nc1cccc(C#N)c1. The van der Waals surface area contributed by atoms with Crippen LogP contribution in [0.5, 0.6) is 0 Å². The van der Waals surface area contributed by atoms with E-state index < -0.39 is 24.9 Å². The van der Waals surface area contributed by atoms with Gasteiger partial charge in [-0.05, 0) is 18.2 Å². The summed E-state index contributed by atoms with van der Waals surface area (Å²) in [6.07, 6.45) is 0.831. The van der Waals surface area contributed by atoms with Crippen LogP contribution in [0.25, 0.3) is 0 Å². The van der Waals surface area contributed by atoms with Gasteiger partial charge in [-0.1, -0.05) is 6.07 Å². The fourth-order valence-corrected chi connectivity index (χ4v) is 4.12. The average Bonchev–Trinajstić information content (AvgIpc) is 2.13. The van der Waals surface area contributed by atoms with Crippen molar-refractivity contribution in [2.75, 3.05) is 16.1 Å². The third-order valence-corrected chi connectivity index (χ3v) is 5.13. The Balaban J connectivity index is 2.95. The molecule has 1 aromatic rings. The van der Waals surface area contributed by atoms with Crippen LogP contribution in [0.15, 0.2) is 24.3 Å². The van der Waals surface area contributed by atoms with Crippen molar-refractivity contribution in [3.63, 3.8) is 0 Å². The summed E-state index contributed by atoms with van der Waals surface area (Å²) in [7, 11) is -7.60. The number of hydrogen-bond acceptors (Lipinski definition) is 5. The number of rotatable bonds is 4. The Bertz CT molecular complexity index is 656. The van der Waals surface area contributed by atoms with Gasteiger partial charge in [0.2, 0.25) is 10.0 Å². The molecule has 1 rings (SSSR count). The summed E-state index contributed by atoms with van der Waals surface area (Å²) in [5.41, 5.74) is 0.442. The quantitative estimate of drug-likeness (QED) is 0.850. The lowest BCUT2D eigenvalue weighted by molar-refractivity contribution is 0.595. The van der Waals surface area contributed by atoms with Gasteiger partial charge in [-0.3, -0.25) is 4.72 Å². The van der Waals surface area contributed by atoms with Crippen LogP contribution >= 0.6 is 0 Å². The molecule has 0 aliphatic rings. The minimum absolute atomic E-state index is 0.160. The summed E-state index contributed by atoms with van der Waals surface area (Å²) in [4.78, 5) is 0. The van der Waals surface area contributed by atoms with E-state index in [4.69, 9.17) is 5.26 Å². The first-order chi connectivity index (χ1) is 7.72. The van der Waals surface area contributed by atoms with Crippen molar-refractivity contribution in [1.29, 1.82) is 5.26 Å². The monoisotopic (exact) mass is 274 g/mol. The van der Waals surface area contributed by atoms with Crippen LogP contribution in [0.2, 0.25) is 0 Å². The molecule has 0 radical (unpaired) electrons. The fourth-order valence-electron chi connectivity index (χ4n) is 1.14. The summed E-state index contributed by atoms with van der Waals surface area (Å²) in [6.45, 7) is 0. The summed E-state index contributed by atoms with van der Waals surface area (Å²) < 4.78 is 46.8. The highest BCUT2D eigenvalue weighted by Crippen LogP contribution is 2.12. The maximum absolute atomic E-state index is 11.4. The molecule has 0 heterocycles. The predicted molar refractivity (Wildman–Crippen MR) is 63.4 cm³/mol. The Morgan fingerprint density at radius 2 is 1.94 bits per heavy atom. The van der Waals surface area contributed by atoms with Crippen molar-refractivity contribution in [3.05, 3.63) is 29.8 Å². The highest BCUT2D eigenvalue weighted by Gasteiger charge is 2.17. The summed E-state index contributed by atoms with van der Waals surface area (Å²) >= 11 is 0. The maximum Gasteiger partial charge on any atom is 0.247 e. The minimum atomic E-state index is -3.96. The van der Waals surface area contributed by atoms with Gasteiger partial charge in [0.1, 0.15) is 0 Å². The molecular weight excluding hydrogens is 264 g/mol. The van der Waals surface area contributed by atoms with Crippen molar-refractivity contribution in [2.24, 2.45) is 0 Å². The molecule has 0 aliphatic carbocycles. The molecule has 0 spiro atoms. The number of nitriles is 1. The van der Waals surface area contributed by atoms with Crippen LogP contribution in [0, 0.1) is 11.3 Å². The molecule has 0 fully saturated rings. The molecule has 0 aromatic heterocycles. The molecule has 0 atom stereocenters. The van der Waals surface area contributed by atoms with Gasteiger partial charge >= 0.3 is 0 Å². The molecule has 0 bridgehead atoms. The third-order valence-electron chi connectivity index (χ3n) is 1.63. The Morgan fingerprint density at radius 1 is 1.29 bits per heavy atom.